The fourth-order valence-corrected chi connectivity index (χ4v) is 1.43. The Hall–Kier alpha value is -1.02. The summed E-state index contributed by atoms with van der Waals surface area (Å²) in [5, 5.41) is 9.54. The van der Waals surface area contributed by atoms with Gasteiger partial charge in [-0.1, -0.05) is 19.1 Å². The third-order valence-corrected chi connectivity index (χ3v) is 2.21. The lowest BCUT2D eigenvalue weighted by atomic mass is 10.1. The van der Waals surface area contributed by atoms with Crippen molar-refractivity contribution < 1.29 is 9.84 Å². The van der Waals surface area contributed by atoms with E-state index in [0.717, 1.165) is 17.7 Å². The van der Waals surface area contributed by atoms with Crippen LogP contribution in [0.25, 0.3) is 0 Å². The third-order valence-electron chi connectivity index (χ3n) is 2.21. The first-order valence-corrected chi connectivity index (χ1v) is 5.55. The second-order valence-corrected chi connectivity index (χ2v) is 4.08. The molecule has 2 heteroatoms. The van der Waals surface area contributed by atoms with E-state index in [9.17, 15) is 5.11 Å². The Morgan fingerprint density at radius 3 is 2.67 bits per heavy atom. The molecule has 0 fully saturated rings. The summed E-state index contributed by atoms with van der Waals surface area (Å²) in [5.74, 6) is 0.880. The van der Waals surface area contributed by atoms with Crippen molar-refractivity contribution in [3.05, 3.63) is 29.8 Å². The lowest BCUT2D eigenvalue weighted by molar-refractivity contribution is 0.170. The van der Waals surface area contributed by atoms with Crippen LogP contribution in [0.4, 0.5) is 0 Å². The van der Waals surface area contributed by atoms with Crippen LogP contribution >= 0.6 is 0 Å². The SMILES string of the molecule is CC[C@@H](O)Cc1cccc(OC(C)C)c1. The zero-order valence-corrected chi connectivity index (χ0v) is 9.73. The zero-order valence-electron chi connectivity index (χ0n) is 9.73. The van der Waals surface area contributed by atoms with Gasteiger partial charge in [0.2, 0.25) is 0 Å². The summed E-state index contributed by atoms with van der Waals surface area (Å²) in [5.41, 5.74) is 1.13. The van der Waals surface area contributed by atoms with Crippen molar-refractivity contribution in [2.75, 3.05) is 0 Å². The molecule has 0 heterocycles. The van der Waals surface area contributed by atoms with Crippen LogP contribution in [-0.2, 0) is 6.42 Å². The van der Waals surface area contributed by atoms with Gasteiger partial charge >= 0.3 is 0 Å². The predicted octanol–water partition coefficient (Wildman–Crippen LogP) is 2.79. The first kappa shape index (κ1) is 12.1. The van der Waals surface area contributed by atoms with Crippen LogP contribution in [0, 0.1) is 0 Å². The molecule has 0 amide bonds. The molecule has 1 atom stereocenters. The van der Waals surface area contributed by atoms with Crippen molar-refractivity contribution in [3.8, 4) is 5.75 Å². The Kier molecular flexibility index (Phi) is 4.63. The third kappa shape index (κ3) is 4.34. The van der Waals surface area contributed by atoms with Gasteiger partial charge in [-0.25, -0.2) is 0 Å². The largest absolute Gasteiger partial charge is 0.491 e. The molecule has 1 N–H and O–H groups in total. The molecule has 0 unspecified atom stereocenters. The Bertz CT molecular complexity index is 294. The summed E-state index contributed by atoms with van der Waals surface area (Å²) < 4.78 is 5.59. The maximum absolute atomic E-state index is 9.54. The maximum atomic E-state index is 9.54. The average molecular weight is 208 g/mol. The molecule has 2 nitrogen and oxygen atoms in total. The molecule has 15 heavy (non-hydrogen) atoms. The van der Waals surface area contributed by atoms with Gasteiger partial charge in [-0.05, 0) is 44.4 Å². The summed E-state index contributed by atoms with van der Waals surface area (Å²) in [6, 6.07) is 7.93. The van der Waals surface area contributed by atoms with Gasteiger partial charge in [-0.3, -0.25) is 0 Å². The van der Waals surface area contributed by atoms with Crippen LogP contribution in [0.2, 0.25) is 0 Å². The first-order valence-electron chi connectivity index (χ1n) is 5.55. The van der Waals surface area contributed by atoms with Crippen molar-refractivity contribution in [2.45, 2.75) is 45.8 Å². The van der Waals surface area contributed by atoms with Crippen molar-refractivity contribution in [2.24, 2.45) is 0 Å². The summed E-state index contributed by atoms with van der Waals surface area (Å²) in [6.07, 6.45) is 1.43. The minimum Gasteiger partial charge on any atom is -0.491 e. The van der Waals surface area contributed by atoms with Gasteiger partial charge in [0.25, 0.3) is 0 Å². The molecule has 0 saturated heterocycles. The van der Waals surface area contributed by atoms with Crippen LogP contribution in [-0.4, -0.2) is 17.3 Å². The number of aliphatic hydroxyl groups excluding tert-OH is 1. The minimum absolute atomic E-state index is 0.191. The van der Waals surface area contributed by atoms with Gasteiger partial charge in [-0.2, -0.15) is 0 Å². The molecule has 1 rings (SSSR count). The second kappa shape index (κ2) is 5.76. The van der Waals surface area contributed by atoms with Gasteiger partial charge in [-0.15, -0.1) is 0 Å². The van der Waals surface area contributed by atoms with Crippen LogP contribution in [0.3, 0.4) is 0 Å². The molecule has 1 aromatic carbocycles. The van der Waals surface area contributed by atoms with Crippen molar-refractivity contribution in [1.29, 1.82) is 0 Å². The number of benzene rings is 1. The molecule has 0 aromatic heterocycles. The Morgan fingerprint density at radius 1 is 1.33 bits per heavy atom. The van der Waals surface area contributed by atoms with E-state index in [1.54, 1.807) is 0 Å². The molecular weight excluding hydrogens is 188 g/mol. The summed E-state index contributed by atoms with van der Waals surface area (Å²) >= 11 is 0. The smallest absolute Gasteiger partial charge is 0.119 e. The Balaban J connectivity index is 2.65. The van der Waals surface area contributed by atoms with E-state index in [2.05, 4.69) is 0 Å². The normalized spacial score (nSPS) is 12.9. The minimum atomic E-state index is -0.251. The lowest BCUT2D eigenvalue weighted by Gasteiger charge is -2.12. The highest BCUT2D eigenvalue weighted by molar-refractivity contribution is 5.29. The van der Waals surface area contributed by atoms with E-state index in [4.69, 9.17) is 4.74 Å². The fraction of sp³-hybridized carbons (Fsp3) is 0.538. The molecular formula is C13H20O2. The standard InChI is InChI=1S/C13H20O2/c1-4-12(14)8-11-6-5-7-13(9-11)15-10(2)3/h5-7,9-10,12,14H,4,8H2,1-3H3/t12-/m1/s1. The highest BCUT2D eigenvalue weighted by Gasteiger charge is 2.04. The van der Waals surface area contributed by atoms with Gasteiger partial charge in [0.1, 0.15) is 5.75 Å². The van der Waals surface area contributed by atoms with Crippen LogP contribution in [0.5, 0.6) is 5.75 Å². The molecule has 0 spiro atoms. The number of aliphatic hydroxyl groups is 1. The number of rotatable bonds is 5. The van der Waals surface area contributed by atoms with Crippen molar-refractivity contribution in [1.82, 2.24) is 0 Å². The molecule has 1 aromatic rings. The zero-order chi connectivity index (χ0) is 11.3. The summed E-state index contributed by atoms with van der Waals surface area (Å²) in [7, 11) is 0. The maximum Gasteiger partial charge on any atom is 0.119 e. The van der Waals surface area contributed by atoms with Crippen LogP contribution in [0.15, 0.2) is 24.3 Å². The van der Waals surface area contributed by atoms with Crippen molar-refractivity contribution >= 4 is 0 Å². The number of hydrogen-bond acceptors (Lipinski definition) is 2. The number of hydrogen-bond donors (Lipinski definition) is 1. The van der Waals surface area contributed by atoms with E-state index in [1.807, 2.05) is 45.0 Å². The molecule has 0 aliphatic carbocycles. The van der Waals surface area contributed by atoms with E-state index < -0.39 is 0 Å². The molecule has 0 aliphatic heterocycles. The highest BCUT2D eigenvalue weighted by atomic mass is 16.5. The highest BCUT2D eigenvalue weighted by Crippen LogP contribution is 2.16. The molecule has 84 valence electrons. The van der Waals surface area contributed by atoms with E-state index in [-0.39, 0.29) is 12.2 Å². The van der Waals surface area contributed by atoms with Gasteiger partial charge in [0.15, 0.2) is 0 Å². The fourth-order valence-electron chi connectivity index (χ4n) is 1.43. The van der Waals surface area contributed by atoms with E-state index in [1.165, 1.54) is 0 Å². The monoisotopic (exact) mass is 208 g/mol. The van der Waals surface area contributed by atoms with Gasteiger partial charge < -0.3 is 9.84 Å². The predicted molar refractivity (Wildman–Crippen MR) is 62.2 cm³/mol. The van der Waals surface area contributed by atoms with Crippen LogP contribution in [0.1, 0.15) is 32.8 Å². The van der Waals surface area contributed by atoms with Gasteiger partial charge in [0, 0.05) is 0 Å². The number of ether oxygens (including phenoxy) is 1. The van der Waals surface area contributed by atoms with Gasteiger partial charge in [0.05, 0.1) is 12.2 Å². The average Bonchev–Trinajstić information content (AvgIpc) is 2.17. The summed E-state index contributed by atoms with van der Waals surface area (Å²) in [4.78, 5) is 0. The summed E-state index contributed by atoms with van der Waals surface area (Å²) in [6.45, 7) is 6.00. The molecule has 0 aliphatic rings. The van der Waals surface area contributed by atoms with Crippen LogP contribution < -0.4 is 4.74 Å². The van der Waals surface area contributed by atoms with E-state index >= 15 is 0 Å². The second-order valence-electron chi connectivity index (χ2n) is 4.08. The quantitative estimate of drug-likeness (QED) is 0.806. The Morgan fingerprint density at radius 2 is 2.07 bits per heavy atom. The molecule has 0 radical (unpaired) electrons. The Labute approximate surface area is 91.9 Å². The molecule has 0 saturated carbocycles. The lowest BCUT2D eigenvalue weighted by Crippen LogP contribution is -2.09. The van der Waals surface area contributed by atoms with E-state index in [0.29, 0.717) is 6.42 Å². The topological polar surface area (TPSA) is 29.5 Å². The first-order chi connectivity index (χ1) is 7.11. The van der Waals surface area contributed by atoms with Crippen molar-refractivity contribution in [3.63, 3.8) is 0 Å². The molecule has 0 bridgehead atoms.